The second-order valence-corrected chi connectivity index (χ2v) is 9.70. The topological polar surface area (TPSA) is 75.5 Å². The molecule has 1 aliphatic heterocycles. The molecule has 0 saturated carbocycles. The monoisotopic (exact) mass is 495 g/mol. The van der Waals surface area contributed by atoms with E-state index in [1.807, 2.05) is 23.6 Å². The molecule has 1 N–H and O–H groups in total. The lowest BCUT2D eigenvalue weighted by Gasteiger charge is -2.38. The molecule has 2 aromatic heterocycles. The van der Waals surface area contributed by atoms with Crippen molar-refractivity contribution < 1.29 is 19.0 Å². The number of aromatic nitrogens is 2. The van der Waals surface area contributed by atoms with Gasteiger partial charge in [-0.05, 0) is 79.8 Å². The Labute approximate surface area is 209 Å². The van der Waals surface area contributed by atoms with Crippen molar-refractivity contribution in [1.82, 2.24) is 14.9 Å². The van der Waals surface area contributed by atoms with E-state index in [1.54, 1.807) is 24.9 Å². The summed E-state index contributed by atoms with van der Waals surface area (Å²) in [5.74, 6) is 6.65. The summed E-state index contributed by atoms with van der Waals surface area (Å²) in [6.45, 7) is 2.30. The fraction of sp³-hybridized carbons (Fsp3) is 0.444. The first-order chi connectivity index (χ1) is 17.0. The summed E-state index contributed by atoms with van der Waals surface area (Å²) in [7, 11) is 1.60. The van der Waals surface area contributed by atoms with Gasteiger partial charge in [0.15, 0.2) is 0 Å². The van der Waals surface area contributed by atoms with Crippen LogP contribution in [0.15, 0.2) is 41.4 Å². The van der Waals surface area contributed by atoms with Crippen LogP contribution in [0.4, 0.5) is 4.39 Å². The smallest absolute Gasteiger partial charge is 0.303 e. The van der Waals surface area contributed by atoms with Crippen LogP contribution in [0.5, 0.6) is 5.75 Å². The number of halogens is 1. The van der Waals surface area contributed by atoms with Gasteiger partial charge < -0.3 is 9.84 Å². The van der Waals surface area contributed by atoms with E-state index >= 15 is 4.39 Å². The summed E-state index contributed by atoms with van der Waals surface area (Å²) in [6.07, 6.45) is 3.30. The zero-order valence-corrected chi connectivity index (χ0v) is 20.6. The van der Waals surface area contributed by atoms with Gasteiger partial charge >= 0.3 is 5.97 Å². The Hall–Kier alpha value is -3.02. The van der Waals surface area contributed by atoms with Crippen molar-refractivity contribution in [3.8, 4) is 17.6 Å². The maximum absolute atomic E-state index is 15.5. The van der Waals surface area contributed by atoms with Crippen molar-refractivity contribution in [1.29, 1.82) is 0 Å². The summed E-state index contributed by atoms with van der Waals surface area (Å²) in [5, 5.41) is 11.9. The lowest BCUT2D eigenvalue weighted by atomic mass is 9.79. The van der Waals surface area contributed by atoms with E-state index < -0.39 is 12.1 Å². The minimum Gasteiger partial charge on any atom is -0.497 e. The second-order valence-electron chi connectivity index (χ2n) is 8.98. The maximum atomic E-state index is 15.5. The number of hydrogen-bond acceptors (Lipinski definition) is 6. The molecule has 1 saturated heterocycles. The van der Waals surface area contributed by atoms with Crippen molar-refractivity contribution in [2.24, 2.45) is 11.8 Å². The lowest BCUT2D eigenvalue weighted by Crippen LogP contribution is -2.41. The molecule has 8 heteroatoms. The van der Waals surface area contributed by atoms with Crippen LogP contribution < -0.4 is 4.74 Å². The number of nitrogens with zero attached hydrogens (tertiary/aromatic N) is 3. The predicted octanol–water partition coefficient (Wildman–Crippen LogP) is 5.35. The van der Waals surface area contributed by atoms with Crippen molar-refractivity contribution >= 4 is 28.2 Å². The Morgan fingerprint density at radius 2 is 2.20 bits per heavy atom. The Balaban J connectivity index is 1.39. The molecule has 0 bridgehead atoms. The summed E-state index contributed by atoms with van der Waals surface area (Å²) in [6, 6.07) is 7.26. The number of benzene rings is 1. The first-order valence-corrected chi connectivity index (χ1v) is 12.9. The van der Waals surface area contributed by atoms with Gasteiger partial charge in [-0.15, -0.1) is 11.3 Å². The number of aliphatic carboxylic acids is 1. The number of carboxylic acid groups (broad SMARTS) is 1. The van der Waals surface area contributed by atoms with E-state index in [1.165, 1.54) is 11.3 Å². The standard InChI is InChI=1S/C27H30FN3O3S/c1-34-22-6-8-26-24(15-22)23(10-12-29-26)25(28)7-4-19-11-14-31(16-20(19)5-9-27(32)33)13-2-3-21-17-35-18-30-21/h6,8,10,12,15,17-20,25H,4-5,7,9,11,13-14,16H2,1H3,(H,32,33)/t19-,20-,25-/m1/s1. The summed E-state index contributed by atoms with van der Waals surface area (Å²) in [5.41, 5.74) is 3.92. The Morgan fingerprint density at radius 1 is 1.31 bits per heavy atom. The molecular weight excluding hydrogens is 465 g/mol. The van der Waals surface area contributed by atoms with Gasteiger partial charge in [0.25, 0.3) is 0 Å². The molecule has 0 amide bonds. The van der Waals surface area contributed by atoms with Crippen LogP contribution in [-0.2, 0) is 4.79 Å². The number of methoxy groups -OCH3 is 1. The number of rotatable bonds is 9. The molecule has 184 valence electrons. The quantitative estimate of drug-likeness (QED) is 0.404. The summed E-state index contributed by atoms with van der Waals surface area (Å²) in [4.78, 5) is 22.1. The minimum atomic E-state index is -1.12. The third-order valence-corrected chi connectivity index (χ3v) is 7.35. The summed E-state index contributed by atoms with van der Waals surface area (Å²) < 4.78 is 20.8. The zero-order chi connectivity index (χ0) is 24.6. The second kappa shape index (κ2) is 12.1. The van der Waals surface area contributed by atoms with Crippen molar-refractivity contribution in [2.75, 3.05) is 26.7 Å². The third kappa shape index (κ3) is 6.77. The van der Waals surface area contributed by atoms with Gasteiger partial charge in [-0.3, -0.25) is 14.7 Å². The SMILES string of the molecule is COc1ccc2nccc([C@H](F)CC[C@@H]3CCN(CC#Cc4cscn4)C[C@H]3CCC(=O)O)c2c1. The molecule has 6 nitrogen and oxygen atoms in total. The molecule has 0 spiro atoms. The van der Waals surface area contributed by atoms with E-state index in [-0.39, 0.29) is 18.3 Å². The molecule has 3 atom stereocenters. The third-order valence-electron chi connectivity index (χ3n) is 6.77. The van der Waals surface area contributed by atoms with Gasteiger partial charge in [0.1, 0.15) is 17.6 Å². The molecule has 35 heavy (non-hydrogen) atoms. The van der Waals surface area contributed by atoms with E-state index in [0.29, 0.717) is 30.7 Å². The number of hydrogen-bond donors (Lipinski definition) is 1. The number of ether oxygens (including phenoxy) is 1. The molecule has 1 fully saturated rings. The van der Waals surface area contributed by atoms with Crippen molar-refractivity contribution in [3.05, 3.63) is 52.6 Å². The van der Waals surface area contributed by atoms with E-state index in [9.17, 15) is 9.90 Å². The Bertz CT molecular complexity index is 1190. The van der Waals surface area contributed by atoms with Crippen LogP contribution in [0, 0.1) is 23.7 Å². The fourth-order valence-electron chi connectivity index (χ4n) is 4.89. The molecule has 0 radical (unpaired) electrons. The van der Waals surface area contributed by atoms with Crippen LogP contribution in [-0.4, -0.2) is 52.7 Å². The number of carbonyl (C=O) groups is 1. The van der Waals surface area contributed by atoms with Gasteiger partial charge in [0.05, 0.1) is 24.7 Å². The highest BCUT2D eigenvalue weighted by Gasteiger charge is 2.30. The highest BCUT2D eigenvalue weighted by atomic mass is 32.1. The molecule has 4 rings (SSSR count). The minimum absolute atomic E-state index is 0.132. The zero-order valence-electron chi connectivity index (χ0n) is 19.8. The van der Waals surface area contributed by atoms with Gasteiger partial charge in [-0.1, -0.05) is 5.92 Å². The lowest BCUT2D eigenvalue weighted by molar-refractivity contribution is -0.137. The van der Waals surface area contributed by atoms with E-state index in [2.05, 4.69) is 26.7 Å². The first kappa shape index (κ1) is 25.1. The van der Waals surface area contributed by atoms with Crippen LogP contribution in [0.3, 0.4) is 0 Å². The maximum Gasteiger partial charge on any atom is 0.303 e. The molecular formula is C27H30FN3O3S. The number of thiazole rings is 1. The van der Waals surface area contributed by atoms with Crippen LogP contribution in [0.25, 0.3) is 10.9 Å². The van der Waals surface area contributed by atoms with Crippen LogP contribution in [0.1, 0.15) is 49.5 Å². The largest absolute Gasteiger partial charge is 0.497 e. The van der Waals surface area contributed by atoms with Crippen molar-refractivity contribution in [3.63, 3.8) is 0 Å². The molecule has 1 aromatic carbocycles. The van der Waals surface area contributed by atoms with Gasteiger partial charge in [-0.2, -0.15) is 0 Å². The number of fused-ring (bicyclic) bond motifs is 1. The molecule has 3 heterocycles. The van der Waals surface area contributed by atoms with Crippen molar-refractivity contribution in [2.45, 2.75) is 38.3 Å². The van der Waals surface area contributed by atoms with Gasteiger partial charge in [0.2, 0.25) is 0 Å². The molecule has 3 aromatic rings. The van der Waals surface area contributed by atoms with Crippen LogP contribution >= 0.6 is 11.3 Å². The molecule has 1 aliphatic rings. The number of pyridine rings is 1. The molecule has 0 unspecified atom stereocenters. The summed E-state index contributed by atoms with van der Waals surface area (Å²) >= 11 is 1.52. The van der Waals surface area contributed by atoms with E-state index in [0.717, 1.165) is 42.5 Å². The average Bonchev–Trinajstić information content (AvgIpc) is 3.39. The van der Waals surface area contributed by atoms with Crippen LogP contribution in [0.2, 0.25) is 0 Å². The average molecular weight is 496 g/mol. The predicted molar refractivity (Wildman–Crippen MR) is 135 cm³/mol. The number of piperidine rings is 1. The highest BCUT2D eigenvalue weighted by molar-refractivity contribution is 7.07. The fourth-order valence-corrected chi connectivity index (χ4v) is 5.38. The number of likely N-dealkylation sites (tertiary alicyclic amines) is 1. The first-order valence-electron chi connectivity index (χ1n) is 11.9. The highest BCUT2D eigenvalue weighted by Crippen LogP contribution is 2.36. The molecule has 0 aliphatic carbocycles. The Morgan fingerprint density at radius 3 is 2.97 bits per heavy atom. The number of carboxylic acids is 1. The van der Waals surface area contributed by atoms with E-state index in [4.69, 9.17) is 4.74 Å². The number of alkyl halides is 1. The Kier molecular flexibility index (Phi) is 8.67. The van der Waals surface area contributed by atoms with Gasteiger partial charge in [0, 0.05) is 29.9 Å². The normalized spacial score (nSPS) is 19.1. The van der Waals surface area contributed by atoms with Gasteiger partial charge in [-0.25, -0.2) is 9.37 Å².